The second-order valence-corrected chi connectivity index (χ2v) is 6.45. The third-order valence-corrected chi connectivity index (χ3v) is 4.00. The number of aromatic amines is 4. The lowest BCUT2D eigenvalue weighted by atomic mass is 10.3. The summed E-state index contributed by atoms with van der Waals surface area (Å²) in [4.78, 5) is 32.7. The molecule has 22 heavy (non-hydrogen) atoms. The quantitative estimate of drug-likeness (QED) is 0.634. The van der Waals surface area contributed by atoms with Gasteiger partial charge in [-0.25, -0.2) is 0 Å². The molecule has 2 heterocycles. The molecular formula is C14H16N4O2S2. The van der Waals surface area contributed by atoms with Crippen molar-refractivity contribution in [3.05, 3.63) is 53.8 Å². The van der Waals surface area contributed by atoms with Crippen molar-refractivity contribution in [2.75, 3.05) is 0 Å². The summed E-state index contributed by atoms with van der Waals surface area (Å²) in [5, 5.41) is 0. The predicted molar refractivity (Wildman–Crippen MR) is 88.4 cm³/mol. The summed E-state index contributed by atoms with van der Waals surface area (Å²) in [6.07, 6.45) is 4.70. The van der Waals surface area contributed by atoms with E-state index in [1.165, 1.54) is 25.7 Å². The number of hydrogen-bond donors (Lipinski definition) is 4. The number of hydrogen-bond acceptors (Lipinski definition) is 4. The van der Waals surface area contributed by atoms with Crippen LogP contribution in [0, 0.1) is 9.54 Å². The second kappa shape index (κ2) is 6.13. The van der Waals surface area contributed by atoms with E-state index in [1.54, 1.807) is 12.1 Å². The molecule has 0 spiro atoms. The van der Waals surface area contributed by atoms with Gasteiger partial charge in [0.25, 0.3) is 11.1 Å². The second-order valence-electron chi connectivity index (χ2n) is 5.63. The number of nitrogens with one attached hydrogen (secondary N) is 4. The van der Waals surface area contributed by atoms with Crippen molar-refractivity contribution < 1.29 is 0 Å². The first kappa shape index (κ1) is 15.1. The van der Waals surface area contributed by atoms with Crippen molar-refractivity contribution in [1.29, 1.82) is 0 Å². The fourth-order valence-electron chi connectivity index (χ4n) is 2.20. The van der Waals surface area contributed by atoms with Gasteiger partial charge < -0.3 is 9.97 Å². The summed E-state index contributed by atoms with van der Waals surface area (Å²) < 4.78 is 0.860. The van der Waals surface area contributed by atoms with E-state index in [0.717, 1.165) is 11.4 Å². The van der Waals surface area contributed by atoms with Crippen LogP contribution in [-0.4, -0.2) is 19.9 Å². The molecule has 2 aliphatic rings. The molecule has 2 fully saturated rings. The highest BCUT2D eigenvalue weighted by atomic mass is 32.1. The molecule has 8 heteroatoms. The summed E-state index contributed by atoms with van der Waals surface area (Å²) in [6, 6.07) is 3.18. The van der Waals surface area contributed by atoms with Crippen LogP contribution in [0.1, 0.15) is 48.9 Å². The Balaban J connectivity index is 0.000000131. The molecule has 0 aromatic carbocycles. The van der Waals surface area contributed by atoms with E-state index in [1.807, 2.05) is 0 Å². The van der Waals surface area contributed by atoms with Gasteiger partial charge >= 0.3 is 0 Å². The van der Waals surface area contributed by atoms with Crippen LogP contribution in [0.5, 0.6) is 0 Å². The van der Waals surface area contributed by atoms with E-state index in [4.69, 9.17) is 24.4 Å². The SMILES string of the molecule is O=c1cc(C2CC2)[nH]c(=S)[nH]1.O=c1cc(C2CC2)[nH]c(=S)[nH]1. The molecule has 0 aliphatic heterocycles. The van der Waals surface area contributed by atoms with Gasteiger partial charge in [0.1, 0.15) is 0 Å². The van der Waals surface area contributed by atoms with E-state index >= 15 is 0 Å². The van der Waals surface area contributed by atoms with Crippen LogP contribution in [0.4, 0.5) is 0 Å². The van der Waals surface area contributed by atoms with E-state index < -0.39 is 0 Å². The van der Waals surface area contributed by atoms with Gasteiger partial charge in [-0.3, -0.25) is 19.6 Å². The van der Waals surface area contributed by atoms with Gasteiger partial charge in [0.15, 0.2) is 9.54 Å². The first-order chi connectivity index (χ1) is 10.5. The zero-order valence-electron chi connectivity index (χ0n) is 11.8. The molecule has 2 aromatic rings. The molecule has 0 saturated heterocycles. The summed E-state index contributed by atoms with van der Waals surface area (Å²) in [6.45, 7) is 0. The molecule has 116 valence electrons. The van der Waals surface area contributed by atoms with Crippen LogP contribution in [0.3, 0.4) is 0 Å². The average Bonchev–Trinajstić information content (AvgIpc) is 3.29. The molecule has 2 saturated carbocycles. The normalized spacial score (nSPS) is 16.7. The lowest BCUT2D eigenvalue weighted by Crippen LogP contribution is -2.07. The summed E-state index contributed by atoms with van der Waals surface area (Å²) in [5.74, 6) is 1.11. The zero-order chi connectivity index (χ0) is 15.7. The lowest BCUT2D eigenvalue weighted by molar-refractivity contribution is 0.954. The highest BCUT2D eigenvalue weighted by Gasteiger charge is 2.24. The maximum Gasteiger partial charge on any atom is 0.251 e. The molecule has 0 amide bonds. The van der Waals surface area contributed by atoms with Crippen LogP contribution in [0.2, 0.25) is 0 Å². The Kier molecular flexibility index (Phi) is 4.21. The third kappa shape index (κ3) is 4.11. The summed E-state index contributed by atoms with van der Waals surface area (Å²) in [7, 11) is 0. The Labute approximate surface area is 136 Å². The first-order valence-corrected chi connectivity index (χ1v) is 8.00. The Hall–Kier alpha value is -1.80. The van der Waals surface area contributed by atoms with E-state index in [9.17, 15) is 9.59 Å². The Morgan fingerprint density at radius 1 is 0.727 bits per heavy atom. The molecule has 0 unspecified atom stereocenters. The van der Waals surface area contributed by atoms with Crippen molar-refractivity contribution in [1.82, 2.24) is 19.9 Å². The lowest BCUT2D eigenvalue weighted by Gasteiger charge is -1.94. The summed E-state index contributed by atoms with van der Waals surface area (Å²) in [5.41, 5.74) is 1.77. The summed E-state index contributed by atoms with van der Waals surface area (Å²) >= 11 is 9.65. The molecule has 4 N–H and O–H groups in total. The van der Waals surface area contributed by atoms with Crippen molar-refractivity contribution in [3.8, 4) is 0 Å². The van der Waals surface area contributed by atoms with Crippen molar-refractivity contribution in [3.63, 3.8) is 0 Å². The van der Waals surface area contributed by atoms with Crippen LogP contribution in [0.15, 0.2) is 21.7 Å². The van der Waals surface area contributed by atoms with Gasteiger partial charge in [-0.05, 0) is 62.0 Å². The fraction of sp³-hybridized carbons (Fsp3) is 0.429. The van der Waals surface area contributed by atoms with E-state index in [-0.39, 0.29) is 11.1 Å². The maximum absolute atomic E-state index is 10.9. The molecule has 0 bridgehead atoms. The zero-order valence-corrected chi connectivity index (χ0v) is 13.4. The molecule has 0 atom stereocenters. The van der Waals surface area contributed by atoms with Crippen molar-refractivity contribution in [2.24, 2.45) is 0 Å². The standard InChI is InChI=1S/2C7H8N2OS/c2*10-6-3-5(4-1-2-4)8-7(11)9-6/h2*3-4H,1-2H2,(H2,8,9,10,11). The molecular weight excluding hydrogens is 320 g/mol. The van der Waals surface area contributed by atoms with Gasteiger partial charge in [-0.2, -0.15) is 0 Å². The first-order valence-electron chi connectivity index (χ1n) is 7.18. The molecule has 4 rings (SSSR count). The third-order valence-electron chi connectivity index (χ3n) is 3.60. The van der Waals surface area contributed by atoms with Crippen LogP contribution in [-0.2, 0) is 0 Å². The van der Waals surface area contributed by atoms with Crippen LogP contribution >= 0.6 is 24.4 Å². The Morgan fingerprint density at radius 2 is 1.09 bits per heavy atom. The molecule has 2 aromatic heterocycles. The fourth-order valence-corrected chi connectivity index (χ4v) is 2.64. The van der Waals surface area contributed by atoms with Crippen molar-refractivity contribution >= 4 is 24.4 Å². The Morgan fingerprint density at radius 3 is 1.36 bits per heavy atom. The largest absolute Gasteiger partial charge is 0.336 e. The van der Waals surface area contributed by atoms with E-state index in [2.05, 4.69) is 19.9 Å². The molecule has 0 radical (unpaired) electrons. The molecule has 6 nitrogen and oxygen atoms in total. The minimum absolute atomic E-state index is 0.101. The van der Waals surface area contributed by atoms with Crippen LogP contribution in [0.25, 0.3) is 0 Å². The highest BCUT2D eigenvalue weighted by Crippen LogP contribution is 2.38. The minimum Gasteiger partial charge on any atom is -0.336 e. The maximum atomic E-state index is 10.9. The van der Waals surface area contributed by atoms with Gasteiger partial charge in [0.2, 0.25) is 0 Å². The number of rotatable bonds is 2. The Bertz CT molecular complexity index is 768. The van der Waals surface area contributed by atoms with Gasteiger partial charge in [-0.15, -0.1) is 0 Å². The molecule has 2 aliphatic carbocycles. The number of aromatic nitrogens is 4. The van der Waals surface area contributed by atoms with Gasteiger partial charge in [0.05, 0.1) is 0 Å². The van der Waals surface area contributed by atoms with Crippen LogP contribution < -0.4 is 11.1 Å². The highest BCUT2D eigenvalue weighted by molar-refractivity contribution is 7.71. The van der Waals surface area contributed by atoms with Crippen molar-refractivity contribution in [2.45, 2.75) is 37.5 Å². The minimum atomic E-state index is -0.101. The topological polar surface area (TPSA) is 97.3 Å². The monoisotopic (exact) mass is 336 g/mol. The number of H-pyrrole nitrogens is 4. The van der Waals surface area contributed by atoms with Gasteiger partial charge in [0, 0.05) is 23.5 Å². The van der Waals surface area contributed by atoms with E-state index in [0.29, 0.717) is 21.4 Å². The smallest absolute Gasteiger partial charge is 0.251 e. The predicted octanol–water partition coefficient (Wildman–Crippen LogP) is 2.62. The van der Waals surface area contributed by atoms with Gasteiger partial charge in [-0.1, -0.05) is 0 Å². The average molecular weight is 336 g/mol.